The molecule has 1 N–H and O–H groups in total. The molecule has 92 valence electrons. The Morgan fingerprint density at radius 2 is 2.22 bits per heavy atom. The number of aryl methyl sites for hydroxylation is 1. The number of hydrogen-bond donors (Lipinski definition) is 1. The Kier molecular flexibility index (Phi) is 2.76. The molecule has 0 aliphatic heterocycles. The maximum atomic E-state index is 11.0. The van der Waals surface area contributed by atoms with Crippen molar-refractivity contribution in [2.24, 2.45) is 0 Å². The molecule has 0 aliphatic rings. The third kappa shape index (κ3) is 2.03. The van der Waals surface area contributed by atoms with Crippen LogP contribution in [0.5, 0.6) is 0 Å². The van der Waals surface area contributed by atoms with Gasteiger partial charge in [-0.15, -0.1) is 0 Å². The monoisotopic (exact) mass is 248 g/mol. The van der Waals surface area contributed by atoms with Gasteiger partial charge in [-0.2, -0.15) is 5.10 Å². The lowest BCUT2D eigenvalue weighted by molar-refractivity contribution is -0.384. The highest BCUT2D eigenvalue weighted by Crippen LogP contribution is 2.16. The smallest absolute Gasteiger partial charge is 0.339 e. The van der Waals surface area contributed by atoms with Gasteiger partial charge in [-0.05, 0) is 19.1 Å². The van der Waals surface area contributed by atoms with Crippen molar-refractivity contribution in [3.05, 3.63) is 45.9 Å². The van der Waals surface area contributed by atoms with Gasteiger partial charge >= 0.3 is 11.7 Å². The summed E-state index contributed by atoms with van der Waals surface area (Å²) in [7, 11) is 0. The van der Waals surface area contributed by atoms with Crippen molar-refractivity contribution in [1.29, 1.82) is 0 Å². The third-order valence-electron chi connectivity index (χ3n) is 2.24. The summed E-state index contributed by atoms with van der Waals surface area (Å²) in [6.07, 6.45) is 2.16. The number of aromatic carboxylic acids is 1. The molecule has 0 bridgehead atoms. The standard InChI is InChI=1S/C10H8N4O4/c1-6-2-3-8(10(15)16)9(12-6)13-5-7(4-11-13)14(17)18/h2-5H,1H3,(H,15,16). The maximum absolute atomic E-state index is 11.0. The van der Waals surface area contributed by atoms with E-state index in [0.29, 0.717) is 5.69 Å². The number of pyridine rings is 1. The summed E-state index contributed by atoms with van der Waals surface area (Å²) in [4.78, 5) is 25.0. The number of nitrogens with zero attached hydrogens (tertiary/aromatic N) is 4. The van der Waals surface area contributed by atoms with Gasteiger partial charge in [0, 0.05) is 5.69 Å². The fourth-order valence-corrected chi connectivity index (χ4v) is 1.41. The normalized spacial score (nSPS) is 10.3. The van der Waals surface area contributed by atoms with Gasteiger partial charge in [0.25, 0.3) is 0 Å². The van der Waals surface area contributed by atoms with Gasteiger partial charge in [-0.3, -0.25) is 10.1 Å². The van der Waals surface area contributed by atoms with Gasteiger partial charge in [0.2, 0.25) is 0 Å². The van der Waals surface area contributed by atoms with Gasteiger partial charge in [0.05, 0.1) is 4.92 Å². The average molecular weight is 248 g/mol. The molecule has 0 spiro atoms. The molecular weight excluding hydrogens is 240 g/mol. The largest absolute Gasteiger partial charge is 0.478 e. The second-order valence-corrected chi connectivity index (χ2v) is 3.53. The van der Waals surface area contributed by atoms with Gasteiger partial charge in [-0.25, -0.2) is 14.5 Å². The molecule has 2 aromatic heterocycles. The first-order chi connectivity index (χ1) is 8.49. The zero-order valence-electron chi connectivity index (χ0n) is 9.27. The van der Waals surface area contributed by atoms with Crippen molar-refractivity contribution >= 4 is 11.7 Å². The van der Waals surface area contributed by atoms with Gasteiger partial charge in [0.15, 0.2) is 5.82 Å². The Labute approximate surface area is 101 Å². The van der Waals surface area contributed by atoms with Crippen molar-refractivity contribution in [2.45, 2.75) is 6.92 Å². The number of carbonyl (C=O) groups is 1. The first-order valence-electron chi connectivity index (χ1n) is 4.89. The molecular formula is C10H8N4O4. The van der Waals surface area contributed by atoms with Crippen LogP contribution >= 0.6 is 0 Å². The third-order valence-corrected chi connectivity index (χ3v) is 2.24. The van der Waals surface area contributed by atoms with E-state index in [1.807, 2.05) is 0 Å². The van der Waals surface area contributed by atoms with E-state index in [-0.39, 0.29) is 17.1 Å². The molecule has 0 aromatic carbocycles. The van der Waals surface area contributed by atoms with Crippen molar-refractivity contribution in [3.8, 4) is 5.82 Å². The van der Waals surface area contributed by atoms with E-state index in [1.54, 1.807) is 13.0 Å². The van der Waals surface area contributed by atoms with Crippen molar-refractivity contribution in [1.82, 2.24) is 14.8 Å². The van der Waals surface area contributed by atoms with E-state index < -0.39 is 10.9 Å². The highest BCUT2D eigenvalue weighted by Gasteiger charge is 2.17. The SMILES string of the molecule is Cc1ccc(C(=O)O)c(-n2cc([N+](=O)[O-])cn2)n1. The summed E-state index contributed by atoms with van der Waals surface area (Å²) in [5.74, 6) is -1.12. The average Bonchev–Trinajstić information content (AvgIpc) is 2.77. The molecule has 0 saturated carbocycles. The first-order valence-corrected chi connectivity index (χ1v) is 4.89. The van der Waals surface area contributed by atoms with Crippen LogP contribution in [0.25, 0.3) is 5.82 Å². The molecule has 0 aliphatic carbocycles. The fourth-order valence-electron chi connectivity index (χ4n) is 1.41. The van der Waals surface area contributed by atoms with E-state index in [4.69, 9.17) is 5.11 Å². The van der Waals surface area contributed by atoms with Crippen LogP contribution in [0, 0.1) is 17.0 Å². The summed E-state index contributed by atoms with van der Waals surface area (Å²) in [6.45, 7) is 1.69. The number of hydrogen-bond acceptors (Lipinski definition) is 5. The summed E-state index contributed by atoms with van der Waals surface area (Å²) >= 11 is 0. The topological polar surface area (TPSA) is 111 Å². The molecule has 8 nitrogen and oxygen atoms in total. The van der Waals surface area contributed by atoms with Crippen LogP contribution in [0.1, 0.15) is 16.1 Å². The highest BCUT2D eigenvalue weighted by molar-refractivity contribution is 5.91. The Balaban J connectivity index is 2.57. The maximum Gasteiger partial charge on any atom is 0.339 e. The zero-order valence-corrected chi connectivity index (χ0v) is 9.27. The lowest BCUT2D eigenvalue weighted by Crippen LogP contribution is -2.09. The molecule has 0 amide bonds. The lowest BCUT2D eigenvalue weighted by Gasteiger charge is -2.05. The lowest BCUT2D eigenvalue weighted by atomic mass is 10.2. The van der Waals surface area contributed by atoms with Gasteiger partial charge in [-0.1, -0.05) is 0 Å². The molecule has 0 saturated heterocycles. The van der Waals surface area contributed by atoms with Gasteiger partial charge < -0.3 is 5.11 Å². The van der Waals surface area contributed by atoms with Crippen LogP contribution < -0.4 is 0 Å². The number of aromatic nitrogens is 3. The first kappa shape index (κ1) is 11.7. The minimum atomic E-state index is -1.17. The van der Waals surface area contributed by atoms with Crippen LogP contribution in [0.2, 0.25) is 0 Å². The minimum Gasteiger partial charge on any atom is -0.478 e. The van der Waals surface area contributed by atoms with E-state index in [9.17, 15) is 14.9 Å². The van der Waals surface area contributed by atoms with Crippen molar-refractivity contribution in [3.63, 3.8) is 0 Å². The molecule has 18 heavy (non-hydrogen) atoms. The summed E-state index contributed by atoms with van der Waals surface area (Å²) in [6, 6.07) is 2.93. The Hall–Kier alpha value is -2.77. The van der Waals surface area contributed by atoms with Crippen LogP contribution in [0.3, 0.4) is 0 Å². The molecule has 0 unspecified atom stereocenters. The second kappa shape index (κ2) is 4.24. The number of rotatable bonds is 3. The van der Waals surface area contributed by atoms with E-state index >= 15 is 0 Å². The number of nitro groups is 1. The number of carboxylic acid groups (broad SMARTS) is 1. The summed E-state index contributed by atoms with van der Waals surface area (Å²) in [5, 5.41) is 23.3. The highest BCUT2D eigenvalue weighted by atomic mass is 16.6. The van der Waals surface area contributed by atoms with Crippen LogP contribution in [-0.2, 0) is 0 Å². The van der Waals surface area contributed by atoms with Crippen LogP contribution in [-0.4, -0.2) is 30.8 Å². The Morgan fingerprint density at radius 3 is 2.78 bits per heavy atom. The minimum absolute atomic E-state index is 0.0515. The Morgan fingerprint density at radius 1 is 1.50 bits per heavy atom. The summed E-state index contributed by atoms with van der Waals surface area (Å²) in [5.41, 5.74) is 0.293. The molecule has 0 radical (unpaired) electrons. The predicted octanol–water partition coefficient (Wildman–Crippen LogP) is 1.18. The molecule has 2 heterocycles. The van der Waals surface area contributed by atoms with E-state index in [1.165, 1.54) is 6.07 Å². The number of carboxylic acids is 1. The molecule has 2 rings (SSSR count). The molecule has 0 fully saturated rings. The second-order valence-electron chi connectivity index (χ2n) is 3.53. The van der Waals surface area contributed by atoms with E-state index in [0.717, 1.165) is 17.1 Å². The predicted molar refractivity (Wildman–Crippen MR) is 59.7 cm³/mol. The van der Waals surface area contributed by atoms with Crippen molar-refractivity contribution < 1.29 is 14.8 Å². The molecule has 0 atom stereocenters. The van der Waals surface area contributed by atoms with Crippen LogP contribution in [0.15, 0.2) is 24.5 Å². The molecule has 8 heteroatoms. The van der Waals surface area contributed by atoms with Crippen LogP contribution in [0.4, 0.5) is 5.69 Å². The molecule has 2 aromatic rings. The fraction of sp³-hybridized carbons (Fsp3) is 0.100. The zero-order chi connectivity index (χ0) is 13.3. The Bertz CT molecular complexity index is 635. The van der Waals surface area contributed by atoms with Crippen molar-refractivity contribution in [2.75, 3.05) is 0 Å². The summed E-state index contributed by atoms with van der Waals surface area (Å²) < 4.78 is 1.08. The quantitative estimate of drug-likeness (QED) is 0.644. The van der Waals surface area contributed by atoms with E-state index in [2.05, 4.69) is 10.1 Å². The van der Waals surface area contributed by atoms with Gasteiger partial charge in [0.1, 0.15) is 18.0 Å².